The smallest absolute Gasteiger partial charge is 0.255 e. The summed E-state index contributed by atoms with van der Waals surface area (Å²) in [5.74, 6) is -1.66. The molecule has 1 heterocycles. The number of imide groups is 1. The molecule has 1 aliphatic heterocycles. The zero-order valence-corrected chi connectivity index (χ0v) is 22.6. The monoisotopic (exact) mass is 526 g/mol. The lowest BCUT2D eigenvalue weighted by Crippen LogP contribution is -2.41. The summed E-state index contributed by atoms with van der Waals surface area (Å²) in [5, 5.41) is 3.10. The number of benzene rings is 4. The van der Waals surface area contributed by atoms with Crippen LogP contribution in [-0.4, -0.2) is 17.7 Å². The number of anilines is 2. The highest BCUT2D eigenvalue weighted by molar-refractivity contribution is 6.23. The third kappa shape index (κ3) is 3.43. The molecule has 0 saturated carbocycles. The predicted octanol–water partition coefficient (Wildman–Crippen LogP) is 6.46. The maximum Gasteiger partial charge on any atom is 0.255 e. The average molecular weight is 527 g/mol. The summed E-state index contributed by atoms with van der Waals surface area (Å²) in [5.41, 5.74) is 8.66. The van der Waals surface area contributed by atoms with Crippen molar-refractivity contribution in [1.29, 1.82) is 0 Å². The summed E-state index contributed by atoms with van der Waals surface area (Å²) < 4.78 is 0. The molecule has 40 heavy (non-hydrogen) atoms. The van der Waals surface area contributed by atoms with Gasteiger partial charge in [-0.05, 0) is 70.5 Å². The topological polar surface area (TPSA) is 66.5 Å². The molecule has 0 spiro atoms. The number of carbonyl (C=O) groups is 3. The van der Waals surface area contributed by atoms with Gasteiger partial charge in [0.15, 0.2) is 0 Å². The van der Waals surface area contributed by atoms with Crippen molar-refractivity contribution in [1.82, 2.24) is 0 Å². The number of hydrogen-bond acceptors (Lipinski definition) is 3. The number of nitrogens with zero attached hydrogens (tertiary/aromatic N) is 1. The Kier molecular flexibility index (Phi) is 5.70. The summed E-state index contributed by atoms with van der Waals surface area (Å²) in [6, 6.07) is 29.4. The SMILES string of the molecule is CCc1cccc(CC)c1NC(=O)c1ccc(N2C(=O)[C@@H]3C4c5ccccc5C(c5ccccc54)[C@H]3C2=O)cc1. The largest absolute Gasteiger partial charge is 0.321 e. The Morgan fingerprint density at radius 2 is 1.10 bits per heavy atom. The second kappa shape index (κ2) is 9.30. The van der Waals surface area contributed by atoms with Gasteiger partial charge in [-0.1, -0.05) is 80.6 Å². The fourth-order valence-corrected chi connectivity index (χ4v) is 7.28. The fraction of sp³-hybridized carbons (Fsp3) is 0.229. The lowest BCUT2D eigenvalue weighted by atomic mass is 9.55. The molecule has 0 unspecified atom stereocenters. The van der Waals surface area contributed by atoms with E-state index < -0.39 is 11.8 Å². The summed E-state index contributed by atoms with van der Waals surface area (Å²) in [6.45, 7) is 4.15. The van der Waals surface area contributed by atoms with Crippen LogP contribution in [0.15, 0.2) is 91.0 Å². The molecule has 5 nitrogen and oxygen atoms in total. The minimum atomic E-state index is -0.428. The molecule has 5 heteroatoms. The Hall–Kier alpha value is -4.51. The summed E-state index contributed by atoms with van der Waals surface area (Å²) >= 11 is 0. The molecule has 3 amide bonds. The number of aryl methyl sites for hydroxylation is 2. The van der Waals surface area contributed by atoms with Crippen LogP contribution in [0.3, 0.4) is 0 Å². The normalized spacial score (nSPS) is 22.1. The van der Waals surface area contributed by atoms with Crippen molar-refractivity contribution in [3.63, 3.8) is 0 Å². The van der Waals surface area contributed by atoms with Crippen molar-refractivity contribution in [2.75, 3.05) is 10.2 Å². The van der Waals surface area contributed by atoms with Crippen molar-refractivity contribution in [3.8, 4) is 0 Å². The van der Waals surface area contributed by atoms with E-state index in [-0.39, 0.29) is 29.6 Å². The molecule has 2 atom stereocenters. The quantitative estimate of drug-likeness (QED) is 0.304. The van der Waals surface area contributed by atoms with Gasteiger partial charge in [-0.3, -0.25) is 14.4 Å². The van der Waals surface area contributed by atoms with E-state index >= 15 is 0 Å². The maximum atomic E-state index is 14.0. The second-order valence-corrected chi connectivity index (χ2v) is 10.9. The van der Waals surface area contributed by atoms with E-state index in [0.717, 1.165) is 51.9 Å². The van der Waals surface area contributed by atoms with Crippen molar-refractivity contribution in [2.45, 2.75) is 38.5 Å². The van der Waals surface area contributed by atoms with Crippen LogP contribution < -0.4 is 10.2 Å². The van der Waals surface area contributed by atoms with Gasteiger partial charge in [0.2, 0.25) is 11.8 Å². The molecule has 1 N–H and O–H groups in total. The third-order valence-corrected chi connectivity index (χ3v) is 9.07. The molecule has 1 saturated heterocycles. The predicted molar refractivity (Wildman–Crippen MR) is 156 cm³/mol. The van der Waals surface area contributed by atoms with Crippen LogP contribution in [0.25, 0.3) is 0 Å². The van der Waals surface area contributed by atoms with Gasteiger partial charge in [-0.15, -0.1) is 0 Å². The van der Waals surface area contributed by atoms with Crippen LogP contribution in [0.4, 0.5) is 11.4 Å². The average Bonchev–Trinajstić information content (AvgIpc) is 3.27. The zero-order valence-electron chi connectivity index (χ0n) is 22.6. The number of rotatable bonds is 5. The molecule has 0 aromatic heterocycles. The van der Waals surface area contributed by atoms with Gasteiger partial charge >= 0.3 is 0 Å². The molecule has 0 radical (unpaired) electrons. The van der Waals surface area contributed by atoms with Crippen LogP contribution in [-0.2, 0) is 22.4 Å². The van der Waals surface area contributed by atoms with E-state index in [1.54, 1.807) is 24.3 Å². The Labute approximate surface area is 233 Å². The van der Waals surface area contributed by atoms with Crippen LogP contribution in [0.5, 0.6) is 0 Å². The Morgan fingerprint density at radius 1 is 0.650 bits per heavy atom. The van der Waals surface area contributed by atoms with Crippen molar-refractivity contribution in [3.05, 3.63) is 130 Å². The molecule has 4 aromatic carbocycles. The molecule has 8 rings (SSSR count). The van der Waals surface area contributed by atoms with Gasteiger partial charge in [0, 0.05) is 23.1 Å². The number of amides is 3. The minimum absolute atomic E-state index is 0.139. The van der Waals surface area contributed by atoms with Gasteiger partial charge in [0.05, 0.1) is 17.5 Å². The number of hydrogen-bond donors (Lipinski definition) is 1. The van der Waals surface area contributed by atoms with E-state index in [2.05, 4.69) is 43.4 Å². The number of carbonyl (C=O) groups excluding carboxylic acids is 3. The standard InChI is InChI=1S/C35H30N2O3/c1-3-20-10-9-11-21(4-2)32(20)36-33(38)22-16-18-23(19-17-22)37-34(39)30-28-24-12-5-6-13-25(24)29(31(30)35(37)40)27-15-8-7-14-26(27)28/h5-19,28-31H,3-4H2,1-2H3,(H,36,38)/t28?,29?,30-,31-/m1/s1. The molecule has 4 aliphatic rings. The zero-order chi connectivity index (χ0) is 27.5. The maximum absolute atomic E-state index is 14.0. The highest BCUT2D eigenvalue weighted by Crippen LogP contribution is 2.61. The molecule has 1 fully saturated rings. The Balaban J connectivity index is 1.20. The lowest BCUT2D eigenvalue weighted by Gasteiger charge is -2.45. The van der Waals surface area contributed by atoms with E-state index in [1.807, 2.05) is 42.5 Å². The van der Waals surface area contributed by atoms with E-state index in [9.17, 15) is 14.4 Å². The number of para-hydroxylation sites is 1. The summed E-state index contributed by atoms with van der Waals surface area (Å²) in [6.07, 6.45) is 1.64. The summed E-state index contributed by atoms with van der Waals surface area (Å²) in [7, 11) is 0. The highest BCUT2D eigenvalue weighted by atomic mass is 16.2. The molecule has 2 bridgehead atoms. The van der Waals surface area contributed by atoms with Gasteiger partial charge in [0.25, 0.3) is 5.91 Å². The van der Waals surface area contributed by atoms with Gasteiger partial charge < -0.3 is 5.32 Å². The fourth-order valence-electron chi connectivity index (χ4n) is 7.28. The first-order valence-electron chi connectivity index (χ1n) is 14.1. The Bertz CT molecular complexity index is 1550. The van der Waals surface area contributed by atoms with Crippen LogP contribution >= 0.6 is 0 Å². The van der Waals surface area contributed by atoms with Crippen LogP contribution in [0.1, 0.15) is 69.4 Å². The van der Waals surface area contributed by atoms with Gasteiger partial charge in [-0.25, -0.2) is 4.90 Å². The lowest BCUT2D eigenvalue weighted by molar-refractivity contribution is -0.122. The molecule has 198 valence electrons. The van der Waals surface area contributed by atoms with Crippen molar-refractivity contribution in [2.24, 2.45) is 11.8 Å². The minimum Gasteiger partial charge on any atom is -0.321 e. The van der Waals surface area contributed by atoms with E-state index in [1.165, 1.54) is 4.90 Å². The van der Waals surface area contributed by atoms with E-state index in [4.69, 9.17) is 0 Å². The second-order valence-electron chi connectivity index (χ2n) is 10.9. The third-order valence-electron chi connectivity index (χ3n) is 9.07. The Morgan fingerprint density at radius 3 is 1.52 bits per heavy atom. The first-order valence-corrected chi connectivity index (χ1v) is 14.1. The first-order chi connectivity index (χ1) is 19.5. The highest BCUT2D eigenvalue weighted by Gasteiger charge is 2.61. The van der Waals surface area contributed by atoms with Crippen molar-refractivity contribution >= 4 is 29.1 Å². The van der Waals surface area contributed by atoms with Crippen LogP contribution in [0.2, 0.25) is 0 Å². The molecular formula is C35H30N2O3. The molecular weight excluding hydrogens is 496 g/mol. The van der Waals surface area contributed by atoms with E-state index in [0.29, 0.717) is 11.3 Å². The first kappa shape index (κ1) is 24.5. The van der Waals surface area contributed by atoms with Gasteiger partial charge in [0.1, 0.15) is 0 Å². The van der Waals surface area contributed by atoms with Gasteiger partial charge in [-0.2, -0.15) is 0 Å². The summed E-state index contributed by atoms with van der Waals surface area (Å²) in [4.78, 5) is 42.5. The molecule has 4 aromatic rings. The molecule has 3 aliphatic carbocycles. The van der Waals surface area contributed by atoms with Crippen LogP contribution in [0, 0.1) is 11.8 Å². The number of nitrogens with one attached hydrogen (secondary N) is 1. The van der Waals surface area contributed by atoms with Crippen molar-refractivity contribution < 1.29 is 14.4 Å².